The van der Waals surface area contributed by atoms with Crippen molar-refractivity contribution in [3.05, 3.63) is 42.2 Å². The number of nitrogens with two attached hydrogens (primary N) is 1. The van der Waals surface area contributed by atoms with Gasteiger partial charge in [0.1, 0.15) is 0 Å². The average Bonchev–Trinajstić information content (AvgIpc) is 2.86. The van der Waals surface area contributed by atoms with Crippen LogP contribution in [0.1, 0.15) is 24.3 Å². The minimum atomic E-state index is -0.0855. The molecule has 0 atom stereocenters. The van der Waals surface area contributed by atoms with E-state index in [2.05, 4.69) is 5.10 Å². The second kappa shape index (κ2) is 5.14. The molecule has 1 aromatic heterocycles. The number of rotatable bonds is 3. The van der Waals surface area contributed by atoms with Crippen molar-refractivity contribution in [1.82, 2.24) is 14.7 Å². The minimum absolute atomic E-state index is 0.0855. The van der Waals surface area contributed by atoms with Gasteiger partial charge in [-0.2, -0.15) is 5.10 Å². The molecule has 0 aliphatic heterocycles. The van der Waals surface area contributed by atoms with Crippen molar-refractivity contribution in [2.24, 2.45) is 0 Å². The molecule has 5 heteroatoms. The van der Waals surface area contributed by atoms with E-state index < -0.39 is 0 Å². The van der Waals surface area contributed by atoms with Gasteiger partial charge in [-0.05, 0) is 38.1 Å². The predicted molar refractivity (Wildman–Crippen MR) is 75.2 cm³/mol. The quantitative estimate of drug-likeness (QED) is 0.856. The molecular weight excluding hydrogens is 240 g/mol. The zero-order valence-corrected chi connectivity index (χ0v) is 11.4. The topological polar surface area (TPSA) is 64.2 Å². The van der Waals surface area contributed by atoms with Crippen LogP contribution in [-0.2, 0) is 0 Å². The largest absolute Gasteiger partial charge is 0.399 e. The predicted octanol–water partition coefficient (Wildman–Crippen LogP) is 1.93. The lowest BCUT2D eigenvalue weighted by molar-refractivity contribution is 0.0748. The highest BCUT2D eigenvalue weighted by Gasteiger charge is 2.17. The Kier molecular flexibility index (Phi) is 3.55. The second-order valence-corrected chi connectivity index (χ2v) is 4.75. The molecule has 19 heavy (non-hydrogen) atoms. The number of carbonyl (C=O) groups is 1. The molecular formula is C14H18N4O. The van der Waals surface area contributed by atoms with E-state index in [0.717, 1.165) is 5.69 Å². The van der Waals surface area contributed by atoms with Crippen LogP contribution in [0.25, 0.3) is 5.69 Å². The maximum Gasteiger partial charge on any atom is 0.274 e. The summed E-state index contributed by atoms with van der Waals surface area (Å²) in [4.78, 5) is 13.8. The lowest BCUT2D eigenvalue weighted by atomic mass is 10.3. The Balaban J connectivity index is 2.27. The van der Waals surface area contributed by atoms with Gasteiger partial charge in [-0.3, -0.25) is 4.79 Å². The summed E-state index contributed by atoms with van der Waals surface area (Å²) in [6.45, 7) is 3.93. The first kappa shape index (κ1) is 13.1. The van der Waals surface area contributed by atoms with Crippen molar-refractivity contribution in [2.45, 2.75) is 19.9 Å². The first-order chi connectivity index (χ1) is 8.99. The van der Waals surface area contributed by atoms with Gasteiger partial charge < -0.3 is 10.6 Å². The number of hydrogen-bond acceptors (Lipinski definition) is 3. The molecule has 0 spiro atoms. The number of nitrogen functional groups attached to an aromatic ring is 1. The van der Waals surface area contributed by atoms with Crippen LogP contribution >= 0.6 is 0 Å². The number of hydrogen-bond donors (Lipinski definition) is 1. The molecule has 2 aromatic rings. The van der Waals surface area contributed by atoms with Crippen LogP contribution in [0.3, 0.4) is 0 Å². The fraction of sp³-hybridized carbons (Fsp3) is 0.286. The maximum absolute atomic E-state index is 12.1. The van der Waals surface area contributed by atoms with E-state index in [4.69, 9.17) is 5.73 Å². The summed E-state index contributed by atoms with van der Waals surface area (Å²) in [6.07, 6.45) is 1.76. The normalized spacial score (nSPS) is 10.7. The molecule has 0 saturated carbocycles. The fourth-order valence-corrected chi connectivity index (χ4v) is 1.66. The van der Waals surface area contributed by atoms with Gasteiger partial charge in [-0.15, -0.1) is 0 Å². The molecule has 0 unspecified atom stereocenters. The minimum Gasteiger partial charge on any atom is -0.399 e. The van der Waals surface area contributed by atoms with Crippen molar-refractivity contribution >= 4 is 11.6 Å². The molecule has 1 heterocycles. The third-order valence-corrected chi connectivity index (χ3v) is 3.04. The van der Waals surface area contributed by atoms with Gasteiger partial charge in [0, 0.05) is 25.0 Å². The van der Waals surface area contributed by atoms with Crippen LogP contribution in [0.4, 0.5) is 5.69 Å². The fourth-order valence-electron chi connectivity index (χ4n) is 1.66. The Bertz CT molecular complexity index is 589. The number of anilines is 1. The molecule has 1 amide bonds. The number of benzene rings is 1. The van der Waals surface area contributed by atoms with Gasteiger partial charge in [0.2, 0.25) is 0 Å². The van der Waals surface area contributed by atoms with Crippen LogP contribution in [0.2, 0.25) is 0 Å². The summed E-state index contributed by atoms with van der Waals surface area (Å²) in [5.41, 5.74) is 7.67. The third kappa shape index (κ3) is 2.76. The summed E-state index contributed by atoms with van der Waals surface area (Å²) in [5.74, 6) is -0.0855. The van der Waals surface area contributed by atoms with Crippen LogP contribution in [0, 0.1) is 0 Å². The van der Waals surface area contributed by atoms with Crippen molar-refractivity contribution in [3.63, 3.8) is 0 Å². The number of nitrogens with zero attached hydrogens (tertiary/aromatic N) is 3. The Morgan fingerprint density at radius 3 is 2.74 bits per heavy atom. The van der Waals surface area contributed by atoms with E-state index >= 15 is 0 Å². The highest BCUT2D eigenvalue weighted by molar-refractivity contribution is 5.92. The monoisotopic (exact) mass is 258 g/mol. The molecule has 0 aliphatic carbocycles. The lowest BCUT2D eigenvalue weighted by Gasteiger charge is -2.19. The first-order valence-electron chi connectivity index (χ1n) is 6.18. The van der Waals surface area contributed by atoms with Gasteiger partial charge in [0.25, 0.3) is 5.91 Å². The third-order valence-electron chi connectivity index (χ3n) is 3.04. The smallest absolute Gasteiger partial charge is 0.274 e. The molecule has 0 bridgehead atoms. The number of amides is 1. The van der Waals surface area contributed by atoms with Crippen molar-refractivity contribution in [1.29, 1.82) is 0 Å². The average molecular weight is 258 g/mol. The highest BCUT2D eigenvalue weighted by atomic mass is 16.2. The summed E-state index contributed by atoms with van der Waals surface area (Å²) in [5, 5.41) is 4.29. The molecule has 0 aliphatic rings. The standard InChI is InChI=1S/C14H18N4O/c1-10(2)17(3)14(19)13-7-8-18(16-13)12-6-4-5-11(15)9-12/h4-10H,15H2,1-3H3. The summed E-state index contributed by atoms with van der Waals surface area (Å²) < 4.78 is 1.65. The molecule has 5 nitrogen and oxygen atoms in total. The maximum atomic E-state index is 12.1. The van der Waals surface area contributed by atoms with Gasteiger partial charge in [0.15, 0.2) is 5.69 Å². The summed E-state index contributed by atoms with van der Waals surface area (Å²) in [7, 11) is 1.77. The number of carbonyl (C=O) groups excluding carboxylic acids is 1. The molecule has 1 aromatic carbocycles. The Morgan fingerprint density at radius 1 is 1.37 bits per heavy atom. The van der Waals surface area contributed by atoms with Crippen LogP contribution < -0.4 is 5.73 Å². The van der Waals surface area contributed by atoms with E-state index in [9.17, 15) is 4.79 Å². The highest BCUT2D eigenvalue weighted by Crippen LogP contribution is 2.12. The van der Waals surface area contributed by atoms with E-state index in [1.54, 1.807) is 28.9 Å². The molecule has 2 N–H and O–H groups in total. The molecule has 2 rings (SSSR count). The second-order valence-electron chi connectivity index (χ2n) is 4.75. The Hall–Kier alpha value is -2.30. The van der Waals surface area contributed by atoms with Gasteiger partial charge in [-0.25, -0.2) is 4.68 Å². The zero-order chi connectivity index (χ0) is 14.0. The molecule has 0 fully saturated rings. The molecule has 0 radical (unpaired) electrons. The zero-order valence-electron chi connectivity index (χ0n) is 11.4. The van der Waals surface area contributed by atoms with E-state index in [1.807, 2.05) is 38.1 Å². The van der Waals surface area contributed by atoms with Crippen LogP contribution in [0.5, 0.6) is 0 Å². The Labute approximate surface area is 112 Å². The van der Waals surface area contributed by atoms with Gasteiger partial charge in [-0.1, -0.05) is 6.07 Å². The summed E-state index contributed by atoms with van der Waals surface area (Å²) >= 11 is 0. The van der Waals surface area contributed by atoms with E-state index in [0.29, 0.717) is 11.4 Å². The van der Waals surface area contributed by atoms with Gasteiger partial charge >= 0.3 is 0 Å². The number of aromatic nitrogens is 2. The van der Waals surface area contributed by atoms with E-state index in [-0.39, 0.29) is 11.9 Å². The van der Waals surface area contributed by atoms with Crippen molar-refractivity contribution < 1.29 is 4.79 Å². The SMILES string of the molecule is CC(C)N(C)C(=O)c1ccn(-c2cccc(N)c2)n1. The van der Waals surface area contributed by atoms with Crippen molar-refractivity contribution in [3.8, 4) is 5.69 Å². The Morgan fingerprint density at radius 2 is 2.11 bits per heavy atom. The molecule has 0 saturated heterocycles. The van der Waals surface area contributed by atoms with E-state index in [1.165, 1.54) is 0 Å². The first-order valence-corrected chi connectivity index (χ1v) is 6.18. The summed E-state index contributed by atoms with van der Waals surface area (Å²) in [6, 6.07) is 9.23. The van der Waals surface area contributed by atoms with Crippen molar-refractivity contribution in [2.75, 3.05) is 12.8 Å². The van der Waals surface area contributed by atoms with Gasteiger partial charge in [0.05, 0.1) is 5.69 Å². The molecule has 100 valence electrons. The van der Waals surface area contributed by atoms with Crippen LogP contribution in [-0.4, -0.2) is 33.7 Å². The van der Waals surface area contributed by atoms with Crippen LogP contribution in [0.15, 0.2) is 36.5 Å². The lowest BCUT2D eigenvalue weighted by Crippen LogP contribution is -2.33.